The maximum atomic E-state index is 14.1. The monoisotopic (exact) mass is 945 g/mol. The molecule has 364 valence electrons. The summed E-state index contributed by atoms with van der Waals surface area (Å²) in [7, 11) is -2.84. The first-order chi connectivity index (χ1) is 31.8. The first-order valence-electron chi connectivity index (χ1n) is 22.9. The Morgan fingerprint density at radius 2 is 1.16 bits per heavy atom. The van der Waals surface area contributed by atoms with Crippen LogP contribution in [-0.2, 0) is 81.3 Å². The van der Waals surface area contributed by atoms with Gasteiger partial charge in [-0.2, -0.15) is 0 Å². The summed E-state index contributed by atoms with van der Waals surface area (Å²) in [5.41, 5.74) is 2.95. The number of benzene rings is 3. The number of carbonyl (C=O) groups excluding carboxylic acids is 4. The van der Waals surface area contributed by atoms with Crippen molar-refractivity contribution < 1.29 is 66.6 Å². The molecule has 3 aromatic carbocycles. The Labute approximate surface area is 395 Å². The molecule has 0 radical (unpaired) electrons. The van der Waals surface area contributed by atoms with Gasteiger partial charge in [-0.15, -0.1) is 0 Å². The molecule has 3 aliphatic heterocycles. The lowest BCUT2D eigenvalue weighted by Crippen LogP contribution is -2.70. The normalized spacial score (nSPS) is 27.1. The highest BCUT2D eigenvalue weighted by Gasteiger charge is 2.59. The molecule has 0 saturated carbocycles. The maximum absolute atomic E-state index is 14.1. The molecule has 2 amide bonds. The van der Waals surface area contributed by atoms with E-state index in [1.807, 2.05) is 104 Å². The van der Waals surface area contributed by atoms with Gasteiger partial charge in [0.2, 0.25) is 0 Å². The minimum Gasteiger partial charge on any atom is -0.463 e. The fourth-order valence-electron chi connectivity index (χ4n) is 8.35. The molecule has 1 N–H and O–H groups in total. The molecule has 3 heterocycles. The second-order valence-corrected chi connectivity index (χ2v) is 23.3. The molecule has 0 unspecified atom stereocenters. The van der Waals surface area contributed by atoms with Crippen LogP contribution in [0.1, 0.15) is 72.1 Å². The van der Waals surface area contributed by atoms with Crippen molar-refractivity contribution in [3.63, 3.8) is 0 Å². The predicted molar refractivity (Wildman–Crippen MR) is 248 cm³/mol. The third-order valence-electron chi connectivity index (χ3n) is 13.6. The van der Waals surface area contributed by atoms with Gasteiger partial charge in [0, 0.05) is 25.0 Å². The fourth-order valence-corrected chi connectivity index (χ4v) is 10.8. The van der Waals surface area contributed by atoms with Crippen LogP contribution in [0, 0.1) is 5.92 Å². The number of rotatable bonds is 20. The van der Waals surface area contributed by atoms with E-state index in [0.29, 0.717) is 0 Å². The smallest absolute Gasteiger partial charge is 0.303 e. The Bertz CT molecular complexity index is 2150. The number of aliphatic hydroxyl groups excluding tert-OH is 1. The molecular formula is C51H67NO14Si. The summed E-state index contributed by atoms with van der Waals surface area (Å²) >= 11 is 0. The van der Waals surface area contributed by atoms with Gasteiger partial charge in [-0.3, -0.25) is 24.1 Å². The third kappa shape index (κ3) is 12.3. The average molecular weight is 946 g/mol. The van der Waals surface area contributed by atoms with E-state index < -0.39 is 93.4 Å². The number of ether oxygens (including phenoxy) is 8. The molecule has 67 heavy (non-hydrogen) atoms. The second kappa shape index (κ2) is 22.7. The van der Waals surface area contributed by atoms with E-state index >= 15 is 0 Å². The van der Waals surface area contributed by atoms with E-state index in [0.717, 1.165) is 21.6 Å². The molecule has 10 atom stereocenters. The van der Waals surface area contributed by atoms with E-state index in [9.17, 15) is 24.3 Å². The van der Waals surface area contributed by atoms with Gasteiger partial charge in [-0.25, -0.2) is 0 Å². The standard InChI is InChI=1S/C51H67NO14Si/c1-31(2)51(7,8)67(9,10)66-49-41(52-47(56)32(3)33(4)48(52)57)42(55)43(39(63-49)29-58-26-36-20-14-11-15-21-36)65-50-46(62-35(6)54)45(61-28-38-24-18-13-19-25-38)44(40(64-50)30-59-34(5)53)60-27-37-22-16-12-17-23-37/h11-25,31,39-46,49-50,55H,26-30H2,1-10H3/t39-,40-,41-,42-,43-,44-,45+,46-,49+,50+/m1/s1. The highest BCUT2D eigenvalue weighted by atomic mass is 28.4. The summed E-state index contributed by atoms with van der Waals surface area (Å²) in [4.78, 5) is 54.7. The van der Waals surface area contributed by atoms with Crippen molar-refractivity contribution in [2.24, 2.45) is 5.92 Å². The number of amides is 2. The largest absolute Gasteiger partial charge is 0.463 e. The topological polar surface area (TPSA) is 175 Å². The van der Waals surface area contributed by atoms with Crippen LogP contribution in [0.25, 0.3) is 0 Å². The molecule has 16 heteroatoms. The van der Waals surface area contributed by atoms with Gasteiger partial charge in [-0.05, 0) is 54.6 Å². The molecule has 3 aliphatic rings. The number of hydrogen-bond donors (Lipinski definition) is 1. The number of aliphatic hydroxyl groups is 1. The lowest BCUT2D eigenvalue weighted by molar-refractivity contribution is -0.356. The van der Waals surface area contributed by atoms with Crippen LogP contribution in [0.2, 0.25) is 18.1 Å². The molecule has 2 saturated heterocycles. The lowest BCUT2D eigenvalue weighted by Gasteiger charge is -2.52. The van der Waals surface area contributed by atoms with Gasteiger partial charge >= 0.3 is 11.9 Å². The molecule has 0 bridgehead atoms. The minimum atomic E-state index is -2.84. The quantitative estimate of drug-likeness (QED) is 0.0712. The Balaban J connectivity index is 1.43. The van der Waals surface area contributed by atoms with E-state index in [-0.39, 0.29) is 55.1 Å². The Hall–Kier alpha value is -4.62. The van der Waals surface area contributed by atoms with E-state index in [4.69, 9.17) is 42.3 Å². The van der Waals surface area contributed by atoms with Crippen LogP contribution in [0.3, 0.4) is 0 Å². The maximum Gasteiger partial charge on any atom is 0.303 e. The fraction of sp³-hybridized carbons (Fsp3) is 0.529. The van der Waals surface area contributed by atoms with Crippen molar-refractivity contribution in [3.05, 3.63) is 119 Å². The molecule has 15 nitrogen and oxygen atoms in total. The van der Waals surface area contributed by atoms with Crippen LogP contribution in [0.5, 0.6) is 0 Å². The zero-order valence-corrected chi connectivity index (χ0v) is 41.2. The molecule has 0 spiro atoms. The van der Waals surface area contributed by atoms with E-state index in [1.165, 1.54) is 13.8 Å². The average Bonchev–Trinajstić information content (AvgIpc) is 3.47. The summed E-state index contributed by atoms with van der Waals surface area (Å²) in [5, 5.41) is 12.6. The zero-order valence-electron chi connectivity index (χ0n) is 40.2. The number of imide groups is 1. The van der Waals surface area contributed by atoms with Crippen LogP contribution >= 0.6 is 0 Å². The van der Waals surface area contributed by atoms with Gasteiger partial charge in [0.15, 0.2) is 27.0 Å². The van der Waals surface area contributed by atoms with E-state index in [1.54, 1.807) is 13.8 Å². The SMILES string of the molecule is CC(=O)OC[C@H]1O[C@@H](O[C@H]2[C@H](O)[C@@H](N3C(=O)C(C)=C(C)C3=O)[C@H](O[Si](C)(C)C(C)(C)C(C)C)O[C@@H]2COCc2ccccc2)[C@H](OC(C)=O)[C@@H](OCc2ccccc2)[C@@H]1OCc1ccccc1. The van der Waals surface area contributed by atoms with E-state index in [2.05, 4.69) is 27.7 Å². The molecule has 0 aliphatic carbocycles. The zero-order chi connectivity index (χ0) is 48.6. The Morgan fingerprint density at radius 1 is 0.687 bits per heavy atom. The van der Waals surface area contributed by atoms with Crippen molar-refractivity contribution in [1.29, 1.82) is 0 Å². The number of nitrogens with zero attached hydrogens (tertiary/aromatic N) is 1. The minimum absolute atomic E-state index is 0.0466. The van der Waals surface area contributed by atoms with Crippen molar-refractivity contribution in [2.75, 3.05) is 13.2 Å². The third-order valence-corrected chi connectivity index (χ3v) is 18.1. The number of carbonyl (C=O) groups is 4. The highest BCUT2D eigenvalue weighted by molar-refractivity contribution is 6.74. The van der Waals surface area contributed by atoms with Crippen LogP contribution in [-0.4, -0.2) is 117 Å². The van der Waals surface area contributed by atoms with Gasteiger partial charge in [-0.1, -0.05) is 119 Å². The van der Waals surface area contributed by atoms with Crippen LogP contribution in [0.4, 0.5) is 0 Å². The predicted octanol–water partition coefficient (Wildman–Crippen LogP) is 6.80. The highest BCUT2D eigenvalue weighted by Crippen LogP contribution is 2.47. The Morgan fingerprint density at radius 3 is 1.66 bits per heavy atom. The van der Waals surface area contributed by atoms with Crippen LogP contribution in [0.15, 0.2) is 102 Å². The number of esters is 2. The summed E-state index contributed by atoms with van der Waals surface area (Å²) in [5.74, 6) is -2.33. The van der Waals surface area contributed by atoms with Crippen molar-refractivity contribution in [3.8, 4) is 0 Å². The first kappa shape index (κ1) is 51.8. The molecule has 6 rings (SSSR count). The van der Waals surface area contributed by atoms with Gasteiger partial charge < -0.3 is 47.4 Å². The summed E-state index contributed by atoms with van der Waals surface area (Å²) in [6.07, 6.45) is -11.7. The van der Waals surface area contributed by atoms with Crippen molar-refractivity contribution >= 4 is 32.1 Å². The van der Waals surface area contributed by atoms with Crippen LogP contribution < -0.4 is 0 Å². The molecular weight excluding hydrogens is 879 g/mol. The second-order valence-electron chi connectivity index (χ2n) is 18.8. The summed E-state index contributed by atoms with van der Waals surface area (Å²) < 4.78 is 58.5. The number of hydrogen-bond acceptors (Lipinski definition) is 14. The van der Waals surface area contributed by atoms with Crippen molar-refractivity contribution in [2.45, 2.75) is 155 Å². The van der Waals surface area contributed by atoms with Gasteiger partial charge in [0.25, 0.3) is 11.8 Å². The molecule has 0 aromatic heterocycles. The van der Waals surface area contributed by atoms with Crippen molar-refractivity contribution in [1.82, 2.24) is 4.90 Å². The van der Waals surface area contributed by atoms with Gasteiger partial charge in [0.05, 0.1) is 26.4 Å². The lowest BCUT2D eigenvalue weighted by atomic mass is 9.94. The summed E-state index contributed by atoms with van der Waals surface area (Å²) in [6.45, 7) is 18.0. The first-order valence-corrected chi connectivity index (χ1v) is 25.8. The Kier molecular flexibility index (Phi) is 17.5. The summed E-state index contributed by atoms with van der Waals surface area (Å²) in [6, 6.07) is 26.8. The molecule has 2 fully saturated rings. The molecule has 3 aromatic rings. The van der Waals surface area contributed by atoms with Gasteiger partial charge in [0.1, 0.15) is 49.3 Å².